The lowest BCUT2D eigenvalue weighted by atomic mass is 9.86. The summed E-state index contributed by atoms with van der Waals surface area (Å²) in [4.78, 5) is 31.7. The Balaban J connectivity index is 1.61. The Labute approximate surface area is 252 Å². The predicted molar refractivity (Wildman–Crippen MR) is 166 cm³/mol. The van der Waals surface area contributed by atoms with E-state index in [0.29, 0.717) is 18.6 Å². The molecule has 1 aromatic rings. The molecule has 2 saturated heterocycles. The van der Waals surface area contributed by atoms with Gasteiger partial charge in [-0.15, -0.1) is 0 Å². The first-order chi connectivity index (χ1) is 20.3. The summed E-state index contributed by atoms with van der Waals surface area (Å²) in [5.74, 6) is 0.697. The highest BCUT2D eigenvalue weighted by Gasteiger charge is 2.37. The zero-order valence-electron chi connectivity index (χ0n) is 26.6. The highest BCUT2D eigenvalue weighted by Crippen LogP contribution is 2.43. The van der Waals surface area contributed by atoms with E-state index in [1.54, 1.807) is 7.11 Å². The first kappa shape index (κ1) is 32.3. The molecule has 9 heteroatoms. The molecule has 2 amide bonds. The average molecular weight is 585 g/mol. The molecule has 42 heavy (non-hydrogen) atoms. The quantitative estimate of drug-likeness (QED) is 0.385. The van der Waals surface area contributed by atoms with Gasteiger partial charge < -0.3 is 34.6 Å². The smallest absolute Gasteiger partial charge is 0.252 e. The fraction of sp³-hybridized carbons (Fsp3) is 0.697. The van der Waals surface area contributed by atoms with Crippen LogP contribution in [0.2, 0.25) is 0 Å². The van der Waals surface area contributed by atoms with Gasteiger partial charge in [-0.1, -0.05) is 13.8 Å². The van der Waals surface area contributed by atoms with Crippen molar-refractivity contribution in [2.45, 2.75) is 78.4 Å². The Hall–Kier alpha value is -2.62. The van der Waals surface area contributed by atoms with Crippen LogP contribution in [-0.4, -0.2) is 89.0 Å². The number of nitrogens with zero attached hydrogens (tertiary/aromatic N) is 2. The summed E-state index contributed by atoms with van der Waals surface area (Å²) in [7, 11) is 3.79. The van der Waals surface area contributed by atoms with E-state index in [4.69, 9.17) is 14.2 Å². The van der Waals surface area contributed by atoms with Crippen LogP contribution in [0.1, 0.15) is 74.9 Å². The SMILES string of the molecule is CCc1c(N(CC)C2CCOCC2)cc2c(c1C(=O)NCC(C)C(=O)N/C(C)=C\COC)CC(C1CCN(C)CC1)O2. The molecule has 3 heterocycles. The predicted octanol–water partition coefficient (Wildman–Crippen LogP) is 3.93. The van der Waals surface area contributed by atoms with Crippen molar-refractivity contribution in [3.05, 3.63) is 34.5 Å². The zero-order chi connectivity index (χ0) is 30.2. The van der Waals surface area contributed by atoms with Gasteiger partial charge in [0, 0.05) is 68.9 Å². The van der Waals surface area contributed by atoms with Gasteiger partial charge >= 0.3 is 0 Å². The second-order valence-corrected chi connectivity index (χ2v) is 12.2. The number of allylic oxidation sites excluding steroid dienone is 1. The molecule has 2 N–H and O–H groups in total. The number of benzene rings is 1. The molecular weight excluding hydrogens is 532 g/mol. The number of amides is 2. The maximum Gasteiger partial charge on any atom is 0.252 e. The summed E-state index contributed by atoms with van der Waals surface area (Å²) in [6.45, 7) is 13.2. The summed E-state index contributed by atoms with van der Waals surface area (Å²) >= 11 is 0. The van der Waals surface area contributed by atoms with E-state index in [0.717, 1.165) is 105 Å². The van der Waals surface area contributed by atoms with Gasteiger partial charge in [0.1, 0.15) is 11.9 Å². The lowest BCUT2D eigenvalue weighted by molar-refractivity contribution is -0.123. The molecule has 2 unspecified atom stereocenters. The van der Waals surface area contributed by atoms with Gasteiger partial charge in [0.2, 0.25) is 5.91 Å². The maximum absolute atomic E-state index is 14.1. The molecule has 2 fully saturated rings. The number of anilines is 1. The minimum absolute atomic E-state index is 0.0879. The van der Waals surface area contributed by atoms with E-state index in [1.165, 1.54) is 0 Å². The Bertz CT molecular complexity index is 1110. The lowest BCUT2D eigenvalue weighted by Gasteiger charge is -2.37. The van der Waals surface area contributed by atoms with Gasteiger partial charge in [0.25, 0.3) is 5.91 Å². The minimum atomic E-state index is -0.390. The number of carbonyl (C=O) groups excluding carboxylic acids is 2. The Morgan fingerprint density at radius 3 is 2.55 bits per heavy atom. The number of ether oxygens (including phenoxy) is 3. The second-order valence-electron chi connectivity index (χ2n) is 12.2. The van der Waals surface area contributed by atoms with Crippen molar-refractivity contribution in [3.8, 4) is 5.75 Å². The van der Waals surface area contributed by atoms with Crippen molar-refractivity contribution in [1.82, 2.24) is 15.5 Å². The zero-order valence-corrected chi connectivity index (χ0v) is 26.6. The summed E-state index contributed by atoms with van der Waals surface area (Å²) in [6, 6.07) is 2.58. The molecule has 9 nitrogen and oxygen atoms in total. The van der Waals surface area contributed by atoms with Gasteiger partial charge in [-0.05, 0) is 83.6 Å². The van der Waals surface area contributed by atoms with E-state index < -0.39 is 5.92 Å². The Kier molecular flexibility index (Phi) is 11.7. The number of likely N-dealkylation sites (tertiary alicyclic amines) is 1. The highest BCUT2D eigenvalue weighted by atomic mass is 16.5. The molecule has 0 aromatic heterocycles. The lowest BCUT2D eigenvalue weighted by Crippen LogP contribution is -2.40. The molecule has 4 rings (SSSR count). The van der Waals surface area contributed by atoms with Crippen molar-refractivity contribution >= 4 is 17.5 Å². The molecule has 2 atom stereocenters. The minimum Gasteiger partial charge on any atom is -0.489 e. The van der Waals surface area contributed by atoms with Gasteiger partial charge in [0.05, 0.1) is 18.1 Å². The van der Waals surface area contributed by atoms with Crippen LogP contribution >= 0.6 is 0 Å². The molecule has 234 valence electrons. The molecule has 0 radical (unpaired) electrons. The molecule has 3 aliphatic rings. The third kappa shape index (κ3) is 7.66. The summed E-state index contributed by atoms with van der Waals surface area (Å²) in [5, 5.41) is 6.03. The van der Waals surface area contributed by atoms with Gasteiger partial charge in [0.15, 0.2) is 0 Å². The van der Waals surface area contributed by atoms with Gasteiger partial charge in [-0.3, -0.25) is 9.59 Å². The third-order valence-corrected chi connectivity index (χ3v) is 9.21. The monoisotopic (exact) mass is 584 g/mol. The molecule has 0 saturated carbocycles. The van der Waals surface area contributed by atoms with Crippen LogP contribution in [0.4, 0.5) is 5.69 Å². The fourth-order valence-corrected chi connectivity index (χ4v) is 6.62. The number of piperidine rings is 1. The van der Waals surface area contributed by atoms with Crippen LogP contribution in [0.5, 0.6) is 5.75 Å². The van der Waals surface area contributed by atoms with Gasteiger partial charge in [-0.2, -0.15) is 0 Å². The van der Waals surface area contributed by atoms with Crippen LogP contribution in [0.3, 0.4) is 0 Å². The standard InChI is InChI=1S/C33H52N4O5/c1-7-26-28(37(8-2)25-12-17-41-18-13-25)20-30-27(19-29(42-30)24-9-14-36(5)15-10-24)31(26)33(39)34-21-22(3)32(38)35-23(4)11-16-40-6/h11,20,22,24-25,29H,7-10,12-19,21H2,1-6H3,(H,34,39)(H,35,38)/b23-11-. The summed E-state index contributed by atoms with van der Waals surface area (Å²) in [5.41, 5.74) is 4.68. The third-order valence-electron chi connectivity index (χ3n) is 9.21. The Morgan fingerprint density at radius 1 is 1.19 bits per heavy atom. The molecule has 1 aromatic carbocycles. The number of hydrogen-bond donors (Lipinski definition) is 2. The summed E-state index contributed by atoms with van der Waals surface area (Å²) < 4.78 is 17.4. The van der Waals surface area contributed by atoms with Crippen LogP contribution in [0.25, 0.3) is 0 Å². The second kappa shape index (κ2) is 15.2. The van der Waals surface area contributed by atoms with Crippen LogP contribution in [0.15, 0.2) is 17.8 Å². The van der Waals surface area contributed by atoms with Crippen molar-refractivity contribution in [2.24, 2.45) is 11.8 Å². The Morgan fingerprint density at radius 2 is 1.90 bits per heavy atom. The van der Waals surface area contributed by atoms with E-state index in [-0.39, 0.29) is 24.5 Å². The van der Waals surface area contributed by atoms with E-state index >= 15 is 0 Å². The maximum atomic E-state index is 14.1. The summed E-state index contributed by atoms with van der Waals surface area (Å²) in [6.07, 6.45) is 7.57. The van der Waals surface area contributed by atoms with Crippen LogP contribution in [0, 0.1) is 11.8 Å². The normalized spacial score (nSPS) is 21.0. The highest BCUT2D eigenvalue weighted by molar-refractivity contribution is 6.00. The number of nitrogens with one attached hydrogen (secondary N) is 2. The van der Waals surface area contributed by atoms with Crippen molar-refractivity contribution in [1.29, 1.82) is 0 Å². The first-order valence-electron chi connectivity index (χ1n) is 15.9. The van der Waals surface area contributed by atoms with E-state index in [9.17, 15) is 9.59 Å². The number of rotatable bonds is 12. The largest absolute Gasteiger partial charge is 0.489 e. The topological polar surface area (TPSA) is 92.4 Å². The first-order valence-corrected chi connectivity index (χ1v) is 15.9. The average Bonchev–Trinajstić information content (AvgIpc) is 3.42. The molecule has 0 aliphatic carbocycles. The molecule has 0 bridgehead atoms. The van der Waals surface area contributed by atoms with E-state index in [2.05, 4.69) is 47.4 Å². The van der Waals surface area contributed by atoms with Gasteiger partial charge in [-0.25, -0.2) is 0 Å². The number of methoxy groups -OCH3 is 1. The number of carbonyl (C=O) groups is 2. The van der Waals surface area contributed by atoms with Crippen molar-refractivity contribution < 1.29 is 23.8 Å². The van der Waals surface area contributed by atoms with E-state index in [1.807, 2.05) is 19.9 Å². The number of fused-ring (bicyclic) bond motifs is 1. The van der Waals surface area contributed by atoms with Crippen molar-refractivity contribution in [2.75, 3.05) is 65.1 Å². The van der Waals surface area contributed by atoms with Crippen molar-refractivity contribution in [3.63, 3.8) is 0 Å². The fourth-order valence-electron chi connectivity index (χ4n) is 6.62. The van der Waals surface area contributed by atoms with Crippen LogP contribution in [-0.2, 0) is 27.1 Å². The van der Waals surface area contributed by atoms with Crippen LogP contribution < -0.4 is 20.3 Å². The molecular formula is C33H52N4O5. The number of hydrogen-bond acceptors (Lipinski definition) is 7. The molecule has 3 aliphatic heterocycles. The molecule has 0 spiro atoms.